The maximum Gasteiger partial charge on any atom is 0.303 e. The lowest BCUT2D eigenvalue weighted by Gasteiger charge is -2.32. The fourth-order valence-corrected chi connectivity index (χ4v) is 2.82. The molecule has 0 spiro atoms. The average molecular weight is 268 g/mol. The largest absolute Gasteiger partial charge is 0.481 e. The van der Waals surface area contributed by atoms with Crippen LogP contribution in [0.15, 0.2) is 0 Å². The first-order valence-corrected chi connectivity index (χ1v) is 7.30. The quantitative estimate of drug-likeness (QED) is 0.760. The molecule has 5 heteroatoms. The van der Waals surface area contributed by atoms with Crippen LogP contribution in [0.2, 0.25) is 0 Å². The summed E-state index contributed by atoms with van der Waals surface area (Å²) in [6, 6.07) is 1.09. The minimum atomic E-state index is -0.835. The van der Waals surface area contributed by atoms with E-state index in [1.54, 1.807) is 0 Å². The Bertz CT molecular complexity index is 334. The zero-order chi connectivity index (χ0) is 13.8. The lowest BCUT2D eigenvalue weighted by molar-refractivity contribution is -0.138. The van der Waals surface area contributed by atoms with Crippen LogP contribution in [-0.4, -0.2) is 47.1 Å². The third-order valence-corrected chi connectivity index (χ3v) is 4.01. The molecular formula is C14H24N2O3. The number of aliphatic carboxylic acids is 1. The number of piperidine rings is 1. The van der Waals surface area contributed by atoms with Crippen LogP contribution in [-0.2, 0) is 9.59 Å². The molecule has 2 fully saturated rings. The summed E-state index contributed by atoms with van der Waals surface area (Å²) >= 11 is 0. The molecule has 0 aromatic carbocycles. The predicted molar refractivity (Wildman–Crippen MR) is 71.8 cm³/mol. The normalized spacial score (nSPS) is 23.0. The van der Waals surface area contributed by atoms with Crippen LogP contribution in [0, 0.1) is 5.92 Å². The Hall–Kier alpha value is -1.10. The number of carboxylic acid groups (broad SMARTS) is 1. The number of carbonyl (C=O) groups is 2. The Labute approximate surface area is 114 Å². The molecule has 1 aliphatic heterocycles. The first kappa shape index (κ1) is 14.3. The summed E-state index contributed by atoms with van der Waals surface area (Å²) in [5, 5.41) is 11.7. The van der Waals surface area contributed by atoms with Crippen molar-refractivity contribution >= 4 is 11.9 Å². The number of carbonyl (C=O) groups excluding carboxylic acids is 1. The Morgan fingerprint density at radius 1 is 1.21 bits per heavy atom. The molecule has 0 aromatic rings. The third kappa shape index (κ3) is 4.82. The number of carboxylic acids is 1. The first-order chi connectivity index (χ1) is 9.04. The Balaban J connectivity index is 1.64. The van der Waals surface area contributed by atoms with Gasteiger partial charge in [0.2, 0.25) is 5.91 Å². The van der Waals surface area contributed by atoms with Gasteiger partial charge < -0.3 is 15.3 Å². The maximum atomic E-state index is 11.8. The van der Waals surface area contributed by atoms with Gasteiger partial charge in [0.25, 0.3) is 0 Å². The van der Waals surface area contributed by atoms with Crippen molar-refractivity contribution < 1.29 is 14.7 Å². The van der Waals surface area contributed by atoms with Crippen molar-refractivity contribution in [2.24, 2.45) is 5.92 Å². The van der Waals surface area contributed by atoms with Crippen molar-refractivity contribution in [2.45, 2.75) is 57.5 Å². The molecule has 1 saturated carbocycles. The summed E-state index contributed by atoms with van der Waals surface area (Å²) in [4.78, 5) is 24.9. The summed E-state index contributed by atoms with van der Waals surface area (Å²) in [6.07, 6.45) is 5.10. The third-order valence-electron chi connectivity index (χ3n) is 4.01. The van der Waals surface area contributed by atoms with E-state index < -0.39 is 5.97 Å². The molecule has 0 bridgehead atoms. The minimum absolute atomic E-state index is 0.00128. The molecule has 2 aliphatic rings. The van der Waals surface area contributed by atoms with Gasteiger partial charge in [-0.2, -0.15) is 0 Å². The summed E-state index contributed by atoms with van der Waals surface area (Å²) in [7, 11) is 0. The van der Waals surface area contributed by atoms with Gasteiger partial charge in [0, 0.05) is 38.0 Å². The molecule has 19 heavy (non-hydrogen) atoms. The van der Waals surface area contributed by atoms with E-state index in [2.05, 4.69) is 10.2 Å². The van der Waals surface area contributed by atoms with E-state index in [1.165, 1.54) is 12.8 Å². The van der Waals surface area contributed by atoms with E-state index in [4.69, 9.17) is 5.11 Å². The molecule has 1 unspecified atom stereocenters. The molecule has 1 aliphatic carbocycles. The maximum absolute atomic E-state index is 11.8. The van der Waals surface area contributed by atoms with Crippen molar-refractivity contribution in [3.63, 3.8) is 0 Å². The van der Waals surface area contributed by atoms with Gasteiger partial charge in [-0.1, -0.05) is 6.92 Å². The van der Waals surface area contributed by atoms with Crippen molar-refractivity contribution in [1.82, 2.24) is 10.2 Å². The molecule has 0 radical (unpaired) electrons. The fraction of sp³-hybridized carbons (Fsp3) is 0.857. The van der Waals surface area contributed by atoms with Gasteiger partial charge in [-0.05, 0) is 31.6 Å². The van der Waals surface area contributed by atoms with E-state index in [0.717, 1.165) is 32.0 Å². The number of amides is 1. The van der Waals surface area contributed by atoms with E-state index in [1.807, 2.05) is 6.92 Å². The number of nitrogens with zero attached hydrogens (tertiary/aromatic N) is 1. The van der Waals surface area contributed by atoms with Gasteiger partial charge in [-0.15, -0.1) is 0 Å². The zero-order valence-corrected chi connectivity index (χ0v) is 11.6. The second kappa shape index (κ2) is 6.37. The van der Waals surface area contributed by atoms with Gasteiger partial charge in [0.15, 0.2) is 0 Å². The van der Waals surface area contributed by atoms with Crippen molar-refractivity contribution in [2.75, 3.05) is 13.1 Å². The average Bonchev–Trinajstić information content (AvgIpc) is 3.12. The second-order valence-electron chi connectivity index (χ2n) is 6.02. The van der Waals surface area contributed by atoms with Crippen LogP contribution < -0.4 is 5.32 Å². The van der Waals surface area contributed by atoms with Gasteiger partial charge in [0.1, 0.15) is 0 Å². The predicted octanol–water partition coefficient (Wildman–Crippen LogP) is 1.23. The van der Waals surface area contributed by atoms with Crippen LogP contribution in [0.4, 0.5) is 0 Å². The second-order valence-corrected chi connectivity index (χ2v) is 6.02. The number of nitrogens with one attached hydrogen (secondary N) is 1. The monoisotopic (exact) mass is 268 g/mol. The summed E-state index contributed by atoms with van der Waals surface area (Å²) in [5.41, 5.74) is 0. The zero-order valence-electron chi connectivity index (χ0n) is 11.6. The minimum Gasteiger partial charge on any atom is -0.481 e. The number of hydrogen-bond donors (Lipinski definition) is 2. The lowest BCUT2D eigenvalue weighted by atomic mass is 10.0. The summed E-state index contributed by atoms with van der Waals surface area (Å²) in [5.74, 6) is -0.930. The highest BCUT2D eigenvalue weighted by Crippen LogP contribution is 2.29. The number of likely N-dealkylation sites (tertiary alicyclic amines) is 1. The van der Waals surface area contributed by atoms with Crippen LogP contribution in [0.3, 0.4) is 0 Å². The molecule has 0 aromatic heterocycles. The smallest absolute Gasteiger partial charge is 0.303 e. The van der Waals surface area contributed by atoms with E-state index in [-0.39, 0.29) is 24.3 Å². The lowest BCUT2D eigenvalue weighted by Crippen LogP contribution is -2.45. The Morgan fingerprint density at radius 2 is 1.84 bits per heavy atom. The van der Waals surface area contributed by atoms with Gasteiger partial charge in [0.05, 0.1) is 0 Å². The summed E-state index contributed by atoms with van der Waals surface area (Å²) in [6.45, 7) is 3.98. The molecule has 1 saturated heterocycles. The van der Waals surface area contributed by atoms with Crippen LogP contribution >= 0.6 is 0 Å². The Morgan fingerprint density at radius 3 is 2.37 bits per heavy atom. The highest BCUT2D eigenvalue weighted by molar-refractivity contribution is 5.77. The van der Waals surface area contributed by atoms with Crippen LogP contribution in [0.5, 0.6) is 0 Å². The van der Waals surface area contributed by atoms with E-state index >= 15 is 0 Å². The van der Waals surface area contributed by atoms with E-state index in [0.29, 0.717) is 6.42 Å². The van der Waals surface area contributed by atoms with Crippen LogP contribution in [0.1, 0.15) is 45.4 Å². The molecule has 108 valence electrons. The van der Waals surface area contributed by atoms with Crippen molar-refractivity contribution in [1.29, 1.82) is 0 Å². The first-order valence-electron chi connectivity index (χ1n) is 7.30. The van der Waals surface area contributed by atoms with E-state index in [9.17, 15) is 9.59 Å². The Kier molecular flexibility index (Phi) is 4.80. The molecule has 5 nitrogen and oxygen atoms in total. The summed E-state index contributed by atoms with van der Waals surface area (Å²) < 4.78 is 0. The standard InChI is InChI=1S/C14H24N2O3/c1-10(9-14(18)19)8-13(17)15-11-4-6-16(7-5-11)12-2-3-12/h10-12H,2-9H2,1H3,(H,15,17)(H,18,19). The molecule has 2 N–H and O–H groups in total. The van der Waals surface area contributed by atoms with Crippen LogP contribution in [0.25, 0.3) is 0 Å². The molecular weight excluding hydrogens is 244 g/mol. The molecule has 1 amide bonds. The van der Waals surface area contributed by atoms with Crippen molar-refractivity contribution in [3.8, 4) is 0 Å². The number of rotatable bonds is 6. The topological polar surface area (TPSA) is 69.6 Å². The molecule has 1 heterocycles. The van der Waals surface area contributed by atoms with Gasteiger partial charge >= 0.3 is 5.97 Å². The molecule has 1 atom stereocenters. The van der Waals surface area contributed by atoms with Gasteiger partial charge in [-0.25, -0.2) is 0 Å². The highest BCUT2D eigenvalue weighted by atomic mass is 16.4. The highest BCUT2D eigenvalue weighted by Gasteiger charge is 2.32. The fourth-order valence-electron chi connectivity index (χ4n) is 2.82. The number of hydrogen-bond acceptors (Lipinski definition) is 3. The SMILES string of the molecule is CC(CC(=O)O)CC(=O)NC1CCN(C2CC2)CC1. The molecule has 2 rings (SSSR count). The van der Waals surface area contributed by atoms with Gasteiger partial charge in [-0.3, -0.25) is 9.59 Å². The van der Waals surface area contributed by atoms with Crippen molar-refractivity contribution in [3.05, 3.63) is 0 Å².